The van der Waals surface area contributed by atoms with E-state index in [4.69, 9.17) is 0 Å². The van der Waals surface area contributed by atoms with Crippen molar-refractivity contribution in [2.24, 2.45) is 11.8 Å². The molecule has 2 aliphatic rings. The second-order valence-electron chi connectivity index (χ2n) is 4.94. The van der Waals surface area contributed by atoms with Gasteiger partial charge in [0, 0.05) is 12.5 Å². The number of rotatable bonds is 3. The van der Waals surface area contributed by atoms with Crippen molar-refractivity contribution in [1.82, 2.24) is 10.6 Å². The van der Waals surface area contributed by atoms with Gasteiger partial charge in [0.1, 0.15) is 0 Å². The van der Waals surface area contributed by atoms with Crippen LogP contribution in [0.2, 0.25) is 0 Å². The van der Waals surface area contributed by atoms with Gasteiger partial charge in [-0.05, 0) is 38.3 Å². The van der Waals surface area contributed by atoms with Crippen LogP contribution in [0.25, 0.3) is 0 Å². The molecule has 2 N–H and O–H groups in total. The molecule has 1 atom stereocenters. The molecule has 1 heterocycles. The van der Waals surface area contributed by atoms with Crippen molar-refractivity contribution in [2.45, 2.75) is 38.5 Å². The smallest absolute Gasteiger partial charge is 0.223 e. The van der Waals surface area contributed by atoms with Crippen LogP contribution in [-0.2, 0) is 4.79 Å². The molecule has 2 rings (SSSR count). The van der Waals surface area contributed by atoms with E-state index in [1.54, 1.807) is 0 Å². The Kier molecular flexibility index (Phi) is 4.01. The van der Waals surface area contributed by atoms with Crippen molar-refractivity contribution in [3.63, 3.8) is 0 Å². The maximum absolute atomic E-state index is 11.8. The summed E-state index contributed by atoms with van der Waals surface area (Å²) in [5.41, 5.74) is 0. The molecule has 2 fully saturated rings. The van der Waals surface area contributed by atoms with Crippen LogP contribution in [0.15, 0.2) is 0 Å². The molecule has 0 bridgehead atoms. The van der Waals surface area contributed by atoms with E-state index in [1.165, 1.54) is 25.7 Å². The van der Waals surface area contributed by atoms with Crippen LogP contribution in [0.4, 0.5) is 0 Å². The Balaban J connectivity index is 1.66. The summed E-state index contributed by atoms with van der Waals surface area (Å²) in [5.74, 6) is 1.28. The summed E-state index contributed by atoms with van der Waals surface area (Å²) in [6.07, 6.45) is 7.22. The first kappa shape index (κ1) is 10.9. The summed E-state index contributed by atoms with van der Waals surface area (Å²) in [4.78, 5) is 11.8. The van der Waals surface area contributed by atoms with Gasteiger partial charge in [0.15, 0.2) is 0 Å². The molecule has 1 aliphatic heterocycles. The number of carbonyl (C=O) groups is 1. The SMILES string of the molecule is O=C(NCC1CCNC1)C1CCCCC1. The first-order chi connectivity index (χ1) is 7.36. The standard InChI is InChI=1S/C12H22N2O/c15-12(11-4-2-1-3-5-11)14-9-10-6-7-13-8-10/h10-11,13H,1-9H2,(H,14,15). The molecular weight excluding hydrogens is 188 g/mol. The van der Waals surface area contributed by atoms with Gasteiger partial charge >= 0.3 is 0 Å². The lowest BCUT2D eigenvalue weighted by atomic mass is 9.88. The Morgan fingerprint density at radius 1 is 1.20 bits per heavy atom. The zero-order valence-corrected chi connectivity index (χ0v) is 9.43. The molecule has 15 heavy (non-hydrogen) atoms. The number of nitrogens with one attached hydrogen (secondary N) is 2. The fourth-order valence-electron chi connectivity index (χ4n) is 2.64. The third kappa shape index (κ3) is 3.20. The first-order valence-corrected chi connectivity index (χ1v) is 6.34. The van der Waals surface area contributed by atoms with E-state index in [-0.39, 0.29) is 0 Å². The van der Waals surface area contributed by atoms with Crippen LogP contribution in [0.3, 0.4) is 0 Å². The average molecular weight is 210 g/mol. The Morgan fingerprint density at radius 3 is 2.67 bits per heavy atom. The Bertz CT molecular complexity index is 206. The van der Waals surface area contributed by atoms with E-state index in [2.05, 4.69) is 10.6 Å². The quantitative estimate of drug-likeness (QED) is 0.737. The summed E-state index contributed by atoms with van der Waals surface area (Å²) in [6, 6.07) is 0. The van der Waals surface area contributed by atoms with Gasteiger partial charge in [-0.1, -0.05) is 19.3 Å². The lowest BCUT2D eigenvalue weighted by Crippen LogP contribution is -2.35. The normalized spacial score (nSPS) is 27.9. The van der Waals surface area contributed by atoms with Gasteiger partial charge in [-0.15, -0.1) is 0 Å². The van der Waals surface area contributed by atoms with E-state index in [1.807, 2.05) is 0 Å². The highest BCUT2D eigenvalue weighted by molar-refractivity contribution is 5.78. The average Bonchev–Trinajstić information content (AvgIpc) is 2.80. The van der Waals surface area contributed by atoms with Gasteiger partial charge in [0.25, 0.3) is 0 Å². The summed E-state index contributed by atoms with van der Waals surface area (Å²) < 4.78 is 0. The predicted molar refractivity (Wildman–Crippen MR) is 60.6 cm³/mol. The van der Waals surface area contributed by atoms with Gasteiger partial charge in [-0.25, -0.2) is 0 Å². The molecule has 86 valence electrons. The third-order valence-corrected chi connectivity index (χ3v) is 3.70. The second kappa shape index (κ2) is 5.50. The first-order valence-electron chi connectivity index (χ1n) is 6.34. The summed E-state index contributed by atoms with van der Waals surface area (Å²) in [6.45, 7) is 3.07. The highest BCUT2D eigenvalue weighted by Gasteiger charge is 2.22. The zero-order valence-electron chi connectivity index (χ0n) is 9.43. The van der Waals surface area contributed by atoms with E-state index >= 15 is 0 Å². The van der Waals surface area contributed by atoms with Gasteiger partial charge in [-0.2, -0.15) is 0 Å². The molecule has 0 aromatic heterocycles. The summed E-state index contributed by atoms with van der Waals surface area (Å²) >= 11 is 0. The molecule has 1 saturated heterocycles. The van der Waals surface area contributed by atoms with E-state index < -0.39 is 0 Å². The van der Waals surface area contributed by atoms with Crippen molar-refractivity contribution >= 4 is 5.91 Å². The number of carbonyl (C=O) groups excluding carboxylic acids is 1. The number of hydrogen-bond donors (Lipinski definition) is 2. The number of amides is 1. The highest BCUT2D eigenvalue weighted by atomic mass is 16.1. The molecule has 1 amide bonds. The van der Waals surface area contributed by atoms with E-state index in [0.29, 0.717) is 17.7 Å². The second-order valence-corrected chi connectivity index (χ2v) is 4.94. The van der Waals surface area contributed by atoms with Crippen molar-refractivity contribution in [3.8, 4) is 0 Å². The molecule has 0 aromatic rings. The van der Waals surface area contributed by atoms with Crippen molar-refractivity contribution in [1.29, 1.82) is 0 Å². The van der Waals surface area contributed by atoms with Crippen LogP contribution in [0.1, 0.15) is 38.5 Å². The molecule has 3 nitrogen and oxygen atoms in total. The Labute approximate surface area is 92.0 Å². The largest absolute Gasteiger partial charge is 0.356 e. The predicted octanol–water partition coefficient (Wildman–Crippen LogP) is 1.29. The summed E-state index contributed by atoms with van der Waals surface area (Å²) in [7, 11) is 0. The van der Waals surface area contributed by atoms with Crippen LogP contribution in [-0.4, -0.2) is 25.5 Å². The zero-order chi connectivity index (χ0) is 10.5. The number of hydrogen-bond acceptors (Lipinski definition) is 2. The lowest BCUT2D eigenvalue weighted by molar-refractivity contribution is -0.126. The van der Waals surface area contributed by atoms with Crippen molar-refractivity contribution < 1.29 is 4.79 Å². The minimum absolute atomic E-state index is 0.307. The van der Waals surface area contributed by atoms with Gasteiger partial charge in [-0.3, -0.25) is 4.79 Å². The monoisotopic (exact) mass is 210 g/mol. The summed E-state index contributed by atoms with van der Waals surface area (Å²) in [5, 5.41) is 6.44. The van der Waals surface area contributed by atoms with Crippen LogP contribution in [0.5, 0.6) is 0 Å². The maximum atomic E-state index is 11.8. The minimum Gasteiger partial charge on any atom is -0.356 e. The molecular formula is C12H22N2O. The molecule has 0 spiro atoms. The highest BCUT2D eigenvalue weighted by Crippen LogP contribution is 2.23. The topological polar surface area (TPSA) is 41.1 Å². The molecule has 1 saturated carbocycles. The Morgan fingerprint density at radius 2 is 2.00 bits per heavy atom. The molecule has 3 heteroatoms. The van der Waals surface area contributed by atoms with Crippen LogP contribution < -0.4 is 10.6 Å². The van der Waals surface area contributed by atoms with Crippen molar-refractivity contribution in [2.75, 3.05) is 19.6 Å². The fraction of sp³-hybridized carbons (Fsp3) is 0.917. The maximum Gasteiger partial charge on any atom is 0.223 e. The minimum atomic E-state index is 0.307. The lowest BCUT2D eigenvalue weighted by Gasteiger charge is -2.21. The third-order valence-electron chi connectivity index (χ3n) is 3.70. The van der Waals surface area contributed by atoms with Crippen molar-refractivity contribution in [3.05, 3.63) is 0 Å². The van der Waals surface area contributed by atoms with Crippen LogP contribution >= 0.6 is 0 Å². The Hall–Kier alpha value is -0.570. The molecule has 0 aromatic carbocycles. The molecule has 1 unspecified atom stereocenters. The van der Waals surface area contributed by atoms with Gasteiger partial charge in [0.2, 0.25) is 5.91 Å². The van der Waals surface area contributed by atoms with Gasteiger partial charge < -0.3 is 10.6 Å². The van der Waals surface area contributed by atoms with Crippen LogP contribution in [0, 0.1) is 11.8 Å². The molecule has 1 aliphatic carbocycles. The fourth-order valence-corrected chi connectivity index (χ4v) is 2.64. The van der Waals surface area contributed by atoms with E-state index in [0.717, 1.165) is 32.5 Å². The van der Waals surface area contributed by atoms with E-state index in [9.17, 15) is 4.79 Å². The van der Waals surface area contributed by atoms with Gasteiger partial charge in [0.05, 0.1) is 0 Å². The molecule has 0 radical (unpaired) electrons.